The summed E-state index contributed by atoms with van der Waals surface area (Å²) in [5, 5.41) is 19.0. The topological polar surface area (TPSA) is 66.3 Å². The van der Waals surface area contributed by atoms with Crippen molar-refractivity contribution in [3.8, 4) is 0 Å². The zero-order chi connectivity index (χ0) is 14.8. The van der Waals surface area contributed by atoms with Crippen LogP contribution in [0.4, 0.5) is 5.13 Å². The first kappa shape index (κ1) is 16.9. The summed E-state index contributed by atoms with van der Waals surface area (Å²) in [7, 11) is 0. The molecule has 1 N–H and O–H groups in total. The number of unbranched alkanes of at least 4 members (excludes halogenated alkanes) is 4. The molecule has 1 aromatic rings. The second-order valence-corrected chi connectivity index (χ2v) is 5.92. The number of hydrogen-bond acceptors (Lipinski definition) is 5. The van der Waals surface area contributed by atoms with Crippen molar-refractivity contribution in [1.29, 1.82) is 0 Å². The number of aryl methyl sites for hydroxylation is 1. The molecule has 0 spiro atoms. The predicted octanol–water partition coefficient (Wildman–Crippen LogP) is 3.35. The van der Waals surface area contributed by atoms with E-state index in [2.05, 4.69) is 28.9 Å². The molecule has 0 amide bonds. The summed E-state index contributed by atoms with van der Waals surface area (Å²) >= 11 is 1.57. The molecule has 5 nitrogen and oxygen atoms in total. The molecule has 1 heterocycles. The first-order valence-corrected chi connectivity index (χ1v) is 8.28. The number of anilines is 1. The summed E-state index contributed by atoms with van der Waals surface area (Å²) in [6.07, 6.45) is 7.06. The van der Waals surface area contributed by atoms with E-state index in [1.807, 2.05) is 0 Å². The first-order valence-electron chi connectivity index (χ1n) is 7.46. The van der Waals surface area contributed by atoms with Crippen molar-refractivity contribution in [3.05, 3.63) is 5.01 Å². The van der Waals surface area contributed by atoms with Crippen LogP contribution in [0, 0.1) is 0 Å². The molecule has 0 aromatic carbocycles. The third-order valence-corrected chi connectivity index (χ3v) is 4.28. The standard InChI is InChI=1S/C14H25N3O2S/c1-3-5-6-7-8-10-17(11-9-13(18)19)14-16-15-12(4-2)20-14/h3-11H2,1-2H3,(H,18,19). The van der Waals surface area contributed by atoms with E-state index in [-0.39, 0.29) is 6.42 Å². The predicted molar refractivity (Wildman–Crippen MR) is 82.5 cm³/mol. The Morgan fingerprint density at radius 1 is 1.15 bits per heavy atom. The van der Waals surface area contributed by atoms with Crippen molar-refractivity contribution < 1.29 is 9.90 Å². The van der Waals surface area contributed by atoms with Gasteiger partial charge >= 0.3 is 5.97 Å². The molecule has 1 rings (SSSR count). The van der Waals surface area contributed by atoms with E-state index in [0.717, 1.165) is 29.5 Å². The van der Waals surface area contributed by atoms with Gasteiger partial charge in [-0.25, -0.2) is 0 Å². The number of rotatable bonds is 11. The Morgan fingerprint density at radius 3 is 2.50 bits per heavy atom. The van der Waals surface area contributed by atoms with Gasteiger partial charge in [-0.3, -0.25) is 4.79 Å². The zero-order valence-electron chi connectivity index (χ0n) is 12.5. The van der Waals surface area contributed by atoms with Crippen molar-refractivity contribution in [3.63, 3.8) is 0 Å². The van der Waals surface area contributed by atoms with Crippen molar-refractivity contribution >= 4 is 22.4 Å². The molecule has 20 heavy (non-hydrogen) atoms. The Morgan fingerprint density at radius 2 is 1.90 bits per heavy atom. The van der Waals surface area contributed by atoms with Gasteiger partial charge in [0.1, 0.15) is 5.01 Å². The van der Waals surface area contributed by atoms with Crippen LogP contribution in [-0.4, -0.2) is 34.4 Å². The maximum Gasteiger partial charge on any atom is 0.305 e. The highest BCUT2D eigenvalue weighted by Crippen LogP contribution is 2.21. The monoisotopic (exact) mass is 299 g/mol. The van der Waals surface area contributed by atoms with Crippen LogP contribution >= 0.6 is 11.3 Å². The molecule has 1 aromatic heterocycles. The lowest BCUT2D eigenvalue weighted by Crippen LogP contribution is -2.27. The van der Waals surface area contributed by atoms with Crippen molar-refractivity contribution in [2.45, 2.75) is 58.8 Å². The molecule has 0 unspecified atom stereocenters. The molecule has 0 atom stereocenters. The van der Waals surface area contributed by atoms with E-state index in [9.17, 15) is 4.79 Å². The molecule has 0 aliphatic carbocycles. The van der Waals surface area contributed by atoms with Crippen molar-refractivity contribution in [2.24, 2.45) is 0 Å². The average molecular weight is 299 g/mol. The molecular weight excluding hydrogens is 274 g/mol. The Kier molecular flexibility index (Phi) is 8.18. The summed E-state index contributed by atoms with van der Waals surface area (Å²) in [4.78, 5) is 12.8. The number of aromatic nitrogens is 2. The molecule has 0 saturated carbocycles. The Hall–Kier alpha value is -1.17. The smallest absolute Gasteiger partial charge is 0.305 e. The average Bonchev–Trinajstić information content (AvgIpc) is 2.90. The number of carbonyl (C=O) groups is 1. The van der Waals surface area contributed by atoms with Gasteiger partial charge in [0, 0.05) is 13.1 Å². The van der Waals surface area contributed by atoms with E-state index >= 15 is 0 Å². The van der Waals surface area contributed by atoms with Crippen LogP contribution in [0.2, 0.25) is 0 Å². The minimum absolute atomic E-state index is 0.149. The summed E-state index contributed by atoms with van der Waals surface area (Å²) in [6.45, 7) is 5.64. The lowest BCUT2D eigenvalue weighted by atomic mass is 10.1. The lowest BCUT2D eigenvalue weighted by Gasteiger charge is -2.20. The molecular formula is C14H25N3O2S. The third kappa shape index (κ3) is 6.32. The van der Waals surface area contributed by atoms with E-state index in [4.69, 9.17) is 5.11 Å². The quantitative estimate of drug-likeness (QED) is 0.635. The summed E-state index contributed by atoms with van der Waals surface area (Å²) in [6, 6.07) is 0. The van der Waals surface area contributed by atoms with E-state index < -0.39 is 5.97 Å². The fourth-order valence-electron chi connectivity index (χ4n) is 1.96. The minimum atomic E-state index is -0.763. The van der Waals surface area contributed by atoms with Crippen LogP contribution < -0.4 is 4.90 Å². The van der Waals surface area contributed by atoms with Crippen LogP contribution in [0.3, 0.4) is 0 Å². The number of nitrogens with zero attached hydrogens (tertiary/aromatic N) is 3. The van der Waals surface area contributed by atoms with Crippen LogP contribution in [-0.2, 0) is 11.2 Å². The Balaban J connectivity index is 2.48. The maximum atomic E-state index is 10.8. The van der Waals surface area contributed by atoms with E-state index in [1.54, 1.807) is 11.3 Å². The number of aliphatic carboxylic acids is 1. The lowest BCUT2D eigenvalue weighted by molar-refractivity contribution is -0.136. The minimum Gasteiger partial charge on any atom is -0.481 e. The fraction of sp³-hybridized carbons (Fsp3) is 0.786. The normalized spacial score (nSPS) is 10.7. The summed E-state index contributed by atoms with van der Waals surface area (Å²) in [5.74, 6) is -0.763. The number of carboxylic acid groups (broad SMARTS) is 1. The first-order chi connectivity index (χ1) is 9.67. The molecule has 0 saturated heterocycles. The second-order valence-electron chi connectivity index (χ2n) is 4.88. The molecule has 0 aliphatic rings. The molecule has 0 aliphatic heterocycles. The van der Waals surface area contributed by atoms with Gasteiger partial charge in [0.15, 0.2) is 0 Å². The second kappa shape index (κ2) is 9.69. The third-order valence-electron chi connectivity index (χ3n) is 3.16. The van der Waals surface area contributed by atoms with Crippen molar-refractivity contribution in [1.82, 2.24) is 10.2 Å². The van der Waals surface area contributed by atoms with E-state index in [0.29, 0.717) is 6.54 Å². The zero-order valence-corrected chi connectivity index (χ0v) is 13.3. The van der Waals surface area contributed by atoms with E-state index in [1.165, 1.54) is 25.7 Å². The summed E-state index contributed by atoms with van der Waals surface area (Å²) in [5.41, 5.74) is 0. The number of hydrogen-bond donors (Lipinski definition) is 1. The Bertz CT molecular complexity index is 396. The van der Waals surface area contributed by atoms with Gasteiger partial charge in [-0.2, -0.15) is 0 Å². The Labute approximate surface area is 125 Å². The highest BCUT2D eigenvalue weighted by atomic mass is 32.1. The summed E-state index contributed by atoms with van der Waals surface area (Å²) < 4.78 is 0. The van der Waals surface area contributed by atoms with Crippen molar-refractivity contribution in [2.75, 3.05) is 18.0 Å². The van der Waals surface area contributed by atoms with Crippen LogP contribution in [0.1, 0.15) is 57.4 Å². The van der Waals surface area contributed by atoms with Crippen LogP contribution in [0.25, 0.3) is 0 Å². The number of carboxylic acids is 1. The van der Waals surface area contributed by atoms with Gasteiger partial charge in [0.05, 0.1) is 6.42 Å². The fourth-order valence-corrected chi connectivity index (χ4v) is 2.79. The van der Waals surface area contributed by atoms with Crippen LogP contribution in [0.5, 0.6) is 0 Å². The van der Waals surface area contributed by atoms with Gasteiger partial charge in [-0.05, 0) is 12.8 Å². The molecule has 0 radical (unpaired) electrons. The SMILES string of the molecule is CCCCCCCN(CCC(=O)O)c1nnc(CC)s1. The highest BCUT2D eigenvalue weighted by molar-refractivity contribution is 7.15. The van der Waals surface area contributed by atoms with Crippen LogP contribution in [0.15, 0.2) is 0 Å². The largest absolute Gasteiger partial charge is 0.481 e. The van der Waals surface area contributed by atoms with Gasteiger partial charge in [-0.15, -0.1) is 10.2 Å². The maximum absolute atomic E-state index is 10.8. The molecule has 0 bridgehead atoms. The van der Waals surface area contributed by atoms with Gasteiger partial charge in [-0.1, -0.05) is 50.9 Å². The van der Waals surface area contributed by atoms with Gasteiger partial charge in [0.2, 0.25) is 5.13 Å². The molecule has 6 heteroatoms. The van der Waals surface area contributed by atoms with Gasteiger partial charge < -0.3 is 10.0 Å². The highest BCUT2D eigenvalue weighted by Gasteiger charge is 2.13. The molecule has 114 valence electrons. The van der Waals surface area contributed by atoms with Gasteiger partial charge in [0.25, 0.3) is 0 Å². The molecule has 0 fully saturated rings.